The molecular formula is C7H16N2O2. The maximum Gasteiger partial charge on any atom is 0.224 e. The first-order valence-corrected chi connectivity index (χ1v) is 3.62. The molecule has 1 amide bonds. The van der Waals surface area contributed by atoms with Gasteiger partial charge in [-0.15, -0.1) is 0 Å². The number of carbonyl (C=O) groups is 1. The van der Waals surface area contributed by atoms with Crippen LogP contribution in [0.1, 0.15) is 13.8 Å². The molecule has 0 unspecified atom stereocenters. The molecule has 11 heavy (non-hydrogen) atoms. The lowest BCUT2D eigenvalue weighted by Gasteiger charge is -2.20. The van der Waals surface area contributed by atoms with Gasteiger partial charge in [-0.3, -0.25) is 4.79 Å². The number of aliphatic hydroxyl groups excluding tert-OH is 1. The largest absolute Gasteiger partial charge is 0.395 e. The summed E-state index contributed by atoms with van der Waals surface area (Å²) in [6.45, 7) is 4.61. The van der Waals surface area contributed by atoms with Gasteiger partial charge in [0.2, 0.25) is 5.91 Å². The Kier molecular flexibility index (Phi) is 4.07. The third kappa shape index (κ3) is 3.95. The first-order chi connectivity index (χ1) is 5.00. The van der Waals surface area contributed by atoms with E-state index in [1.807, 2.05) is 0 Å². The number of rotatable bonds is 5. The molecule has 0 saturated heterocycles. The number of aliphatic hydroxyl groups is 1. The maximum absolute atomic E-state index is 10.7. The molecule has 0 radical (unpaired) electrons. The highest BCUT2D eigenvalue weighted by Crippen LogP contribution is 2.11. The van der Waals surface area contributed by atoms with Crippen molar-refractivity contribution in [3.63, 3.8) is 0 Å². The van der Waals surface area contributed by atoms with Crippen molar-refractivity contribution in [2.45, 2.75) is 13.8 Å². The highest BCUT2D eigenvalue weighted by Gasteiger charge is 2.23. The Hall–Kier alpha value is -0.610. The van der Waals surface area contributed by atoms with Crippen molar-refractivity contribution in [1.82, 2.24) is 5.32 Å². The molecule has 4 nitrogen and oxygen atoms in total. The van der Waals surface area contributed by atoms with E-state index < -0.39 is 5.41 Å². The number of amides is 1. The number of nitrogens with two attached hydrogens (primary N) is 1. The molecule has 0 aromatic carbocycles. The zero-order chi connectivity index (χ0) is 8.91. The fourth-order valence-corrected chi connectivity index (χ4v) is 0.567. The Morgan fingerprint density at radius 1 is 1.64 bits per heavy atom. The second-order valence-electron chi connectivity index (χ2n) is 3.15. The van der Waals surface area contributed by atoms with Gasteiger partial charge in [0.25, 0.3) is 0 Å². The Morgan fingerprint density at radius 2 is 2.18 bits per heavy atom. The van der Waals surface area contributed by atoms with Crippen molar-refractivity contribution >= 4 is 5.91 Å². The van der Waals surface area contributed by atoms with E-state index >= 15 is 0 Å². The minimum absolute atomic E-state index is 0.0782. The van der Waals surface area contributed by atoms with Gasteiger partial charge in [-0.25, -0.2) is 0 Å². The van der Waals surface area contributed by atoms with Crippen LogP contribution >= 0.6 is 0 Å². The molecule has 66 valence electrons. The third-order valence-electron chi connectivity index (χ3n) is 1.52. The number of primary amides is 1. The Labute approximate surface area is 66.8 Å². The van der Waals surface area contributed by atoms with Crippen LogP contribution in [-0.2, 0) is 4.79 Å². The van der Waals surface area contributed by atoms with E-state index in [4.69, 9.17) is 10.8 Å². The van der Waals surface area contributed by atoms with Gasteiger partial charge in [-0.2, -0.15) is 0 Å². The van der Waals surface area contributed by atoms with E-state index in [1.165, 1.54) is 0 Å². The molecule has 0 saturated carbocycles. The highest BCUT2D eigenvalue weighted by atomic mass is 16.3. The molecule has 0 aromatic heterocycles. The first-order valence-electron chi connectivity index (χ1n) is 3.62. The van der Waals surface area contributed by atoms with Gasteiger partial charge in [-0.05, 0) is 13.8 Å². The van der Waals surface area contributed by atoms with Crippen molar-refractivity contribution in [3.8, 4) is 0 Å². The molecular weight excluding hydrogens is 144 g/mol. The maximum atomic E-state index is 10.7. The third-order valence-corrected chi connectivity index (χ3v) is 1.52. The van der Waals surface area contributed by atoms with Crippen molar-refractivity contribution < 1.29 is 9.90 Å². The molecule has 4 N–H and O–H groups in total. The topological polar surface area (TPSA) is 75.3 Å². The molecule has 0 aliphatic rings. The summed E-state index contributed by atoms with van der Waals surface area (Å²) in [5.74, 6) is -0.331. The van der Waals surface area contributed by atoms with E-state index in [1.54, 1.807) is 13.8 Å². The molecule has 0 fully saturated rings. The van der Waals surface area contributed by atoms with Crippen LogP contribution in [0, 0.1) is 5.41 Å². The van der Waals surface area contributed by atoms with Crippen LogP contribution in [0.3, 0.4) is 0 Å². The van der Waals surface area contributed by atoms with E-state index in [-0.39, 0.29) is 12.5 Å². The summed E-state index contributed by atoms with van der Waals surface area (Å²) < 4.78 is 0. The van der Waals surface area contributed by atoms with Crippen molar-refractivity contribution in [2.75, 3.05) is 19.7 Å². The predicted molar refractivity (Wildman–Crippen MR) is 42.9 cm³/mol. The molecule has 0 bridgehead atoms. The quantitative estimate of drug-likeness (QED) is 0.455. The summed E-state index contributed by atoms with van der Waals surface area (Å²) in [6, 6.07) is 0. The summed E-state index contributed by atoms with van der Waals surface area (Å²) in [4.78, 5) is 10.7. The number of carbonyl (C=O) groups excluding carboxylic acids is 1. The van der Waals surface area contributed by atoms with E-state index in [0.29, 0.717) is 13.1 Å². The SMILES string of the molecule is CC(C)(CNCCO)C(N)=O. The van der Waals surface area contributed by atoms with Crippen molar-refractivity contribution in [3.05, 3.63) is 0 Å². The average molecular weight is 160 g/mol. The van der Waals surface area contributed by atoms with Crippen molar-refractivity contribution in [1.29, 1.82) is 0 Å². The monoisotopic (exact) mass is 160 g/mol. The van der Waals surface area contributed by atoms with Crippen LogP contribution in [0.4, 0.5) is 0 Å². The molecule has 0 aliphatic carbocycles. The predicted octanol–water partition coefficient (Wildman–Crippen LogP) is -0.920. The highest BCUT2D eigenvalue weighted by molar-refractivity contribution is 5.80. The minimum Gasteiger partial charge on any atom is -0.395 e. The number of hydrogen-bond donors (Lipinski definition) is 3. The normalized spacial score (nSPS) is 11.5. The summed E-state index contributed by atoms with van der Waals surface area (Å²) in [6.07, 6.45) is 0. The lowest BCUT2D eigenvalue weighted by atomic mass is 9.93. The number of hydrogen-bond acceptors (Lipinski definition) is 3. The zero-order valence-corrected chi connectivity index (χ0v) is 7.05. The molecule has 0 spiro atoms. The summed E-state index contributed by atoms with van der Waals surface area (Å²) >= 11 is 0. The van der Waals surface area contributed by atoms with Gasteiger partial charge in [0.15, 0.2) is 0 Å². The lowest BCUT2D eigenvalue weighted by Crippen LogP contribution is -2.41. The van der Waals surface area contributed by atoms with Crippen LogP contribution in [-0.4, -0.2) is 30.7 Å². The van der Waals surface area contributed by atoms with Crippen molar-refractivity contribution in [2.24, 2.45) is 11.1 Å². The van der Waals surface area contributed by atoms with Crippen LogP contribution in [0.25, 0.3) is 0 Å². The molecule has 0 atom stereocenters. The Bertz CT molecular complexity index is 134. The second kappa shape index (κ2) is 4.31. The molecule has 0 aromatic rings. The first kappa shape index (κ1) is 10.4. The fraction of sp³-hybridized carbons (Fsp3) is 0.857. The molecule has 0 heterocycles. The van der Waals surface area contributed by atoms with Gasteiger partial charge in [0, 0.05) is 13.1 Å². The number of nitrogens with one attached hydrogen (secondary N) is 1. The van der Waals surface area contributed by atoms with Gasteiger partial charge in [-0.1, -0.05) is 0 Å². The standard InChI is InChI=1S/C7H16N2O2/c1-7(2,6(8)11)5-9-3-4-10/h9-10H,3-5H2,1-2H3,(H2,8,11). The van der Waals surface area contributed by atoms with Crippen LogP contribution in [0.15, 0.2) is 0 Å². The Morgan fingerprint density at radius 3 is 2.55 bits per heavy atom. The summed E-state index contributed by atoms with van der Waals surface area (Å²) in [5.41, 5.74) is 4.58. The fourth-order valence-electron chi connectivity index (χ4n) is 0.567. The van der Waals surface area contributed by atoms with Crippen LogP contribution in [0.5, 0.6) is 0 Å². The summed E-state index contributed by atoms with van der Waals surface area (Å²) in [7, 11) is 0. The molecule has 4 heteroatoms. The lowest BCUT2D eigenvalue weighted by molar-refractivity contribution is -0.125. The van der Waals surface area contributed by atoms with E-state index in [0.717, 1.165) is 0 Å². The van der Waals surface area contributed by atoms with E-state index in [9.17, 15) is 4.79 Å². The zero-order valence-electron chi connectivity index (χ0n) is 7.05. The Balaban J connectivity index is 3.64. The van der Waals surface area contributed by atoms with Gasteiger partial charge >= 0.3 is 0 Å². The second-order valence-corrected chi connectivity index (χ2v) is 3.15. The van der Waals surface area contributed by atoms with Gasteiger partial charge < -0.3 is 16.2 Å². The molecule has 0 aliphatic heterocycles. The smallest absolute Gasteiger partial charge is 0.224 e. The molecule has 0 rings (SSSR count). The van der Waals surface area contributed by atoms with Gasteiger partial charge in [0.05, 0.1) is 12.0 Å². The summed E-state index contributed by atoms with van der Waals surface area (Å²) in [5, 5.41) is 11.3. The van der Waals surface area contributed by atoms with E-state index in [2.05, 4.69) is 5.32 Å². The van der Waals surface area contributed by atoms with Crippen LogP contribution < -0.4 is 11.1 Å². The average Bonchev–Trinajstić information content (AvgIpc) is 1.88. The van der Waals surface area contributed by atoms with Crippen LogP contribution in [0.2, 0.25) is 0 Å². The van der Waals surface area contributed by atoms with Gasteiger partial charge in [0.1, 0.15) is 0 Å². The minimum atomic E-state index is -0.533.